The van der Waals surface area contributed by atoms with Crippen LogP contribution in [0.15, 0.2) is 29.3 Å². The second-order valence-electron chi connectivity index (χ2n) is 6.15. The quantitative estimate of drug-likeness (QED) is 0.209. The zero-order valence-corrected chi connectivity index (χ0v) is 19.0. The smallest absolute Gasteiger partial charge is 0.383 e. The van der Waals surface area contributed by atoms with Crippen LogP contribution in [0.4, 0.5) is 13.2 Å². The lowest BCUT2D eigenvalue weighted by Crippen LogP contribution is -2.43. The number of likely N-dealkylation sites (N-methyl/N-ethyl adjacent to an activating group) is 1. The first-order chi connectivity index (χ1) is 13.2. The molecule has 11 heteroatoms. The monoisotopic (exact) mass is 532 g/mol. The van der Waals surface area contributed by atoms with E-state index in [1.54, 1.807) is 45.5 Å². The van der Waals surface area contributed by atoms with Crippen LogP contribution in [0.25, 0.3) is 0 Å². The summed E-state index contributed by atoms with van der Waals surface area (Å²) in [7, 11) is 4.92. The molecule has 0 saturated heterocycles. The molecule has 2 N–H and O–H groups in total. The summed E-state index contributed by atoms with van der Waals surface area (Å²) >= 11 is 0. The van der Waals surface area contributed by atoms with Crippen LogP contribution in [-0.4, -0.2) is 70.5 Å². The maximum Gasteiger partial charge on any atom is 0.411 e. The first-order valence-corrected chi connectivity index (χ1v) is 8.65. The molecular weight excluding hydrogens is 504 g/mol. The number of nitrogens with zero attached hydrogens (tertiary/aromatic N) is 2. The standard InChI is InChI=1S/C18H27F3N4O3.HI/c1-25(2)16(26)11-24-17(22-8-9-27-3)23-10-14-4-6-15(7-5-14)12-28-13-18(19,20)21;/h4-7H,8-13H2,1-3H3,(H2,22,23,24);1H. The Balaban J connectivity index is 0.00000784. The molecule has 1 amide bonds. The van der Waals surface area contributed by atoms with Crippen molar-refractivity contribution in [3.63, 3.8) is 0 Å². The van der Waals surface area contributed by atoms with Crippen molar-refractivity contribution in [2.75, 3.05) is 47.5 Å². The van der Waals surface area contributed by atoms with Crippen LogP contribution in [0.1, 0.15) is 11.1 Å². The third kappa shape index (κ3) is 13.3. The van der Waals surface area contributed by atoms with E-state index in [9.17, 15) is 18.0 Å². The van der Waals surface area contributed by atoms with Gasteiger partial charge in [-0.15, -0.1) is 24.0 Å². The van der Waals surface area contributed by atoms with Crippen molar-refractivity contribution < 1.29 is 27.4 Å². The first kappa shape index (κ1) is 27.4. The number of carbonyl (C=O) groups is 1. The molecular formula is C18H28F3IN4O3. The van der Waals surface area contributed by atoms with Crippen molar-refractivity contribution >= 4 is 35.8 Å². The van der Waals surface area contributed by atoms with E-state index >= 15 is 0 Å². The molecule has 29 heavy (non-hydrogen) atoms. The fourth-order valence-corrected chi connectivity index (χ4v) is 1.96. The lowest BCUT2D eigenvalue weighted by Gasteiger charge is -2.15. The van der Waals surface area contributed by atoms with Gasteiger partial charge in [-0.25, -0.2) is 4.99 Å². The molecule has 0 aliphatic carbocycles. The van der Waals surface area contributed by atoms with E-state index in [1.807, 2.05) is 0 Å². The lowest BCUT2D eigenvalue weighted by molar-refractivity contribution is -0.176. The molecule has 166 valence electrons. The van der Waals surface area contributed by atoms with Crippen LogP contribution in [0.2, 0.25) is 0 Å². The SMILES string of the molecule is COCCNC(=NCc1ccc(COCC(F)(F)F)cc1)NCC(=O)N(C)C.I. The van der Waals surface area contributed by atoms with E-state index < -0.39 is 12.8 Å². The molecule has 0 bridgehead atoms. The van der Waals surface area contributed by atoms with Crippen molar-refractivity contribution in [2.45, 2.75) is 19.3 Å². The highest BCUT2D eigenvalue weighted by atomic mass is 127. The molecule has 0 heterocycles. The van der Waals surface area contributed by atoms with Gasteiger partial charge >= 0.3 is 6.18 Å². The Morgan fingerprint density at radius 1 is 1.14 bits per heavy atom. The Hall–Kier alpha value is -1.60. The number of ether oxygens (including phenoxy) is 2. The van der Waals surface area contributed by atoms with Crippen LogP contribution in [0.5, 0.6) is 0 Å². The Morgan fingerprint density at radius 2 is 1.76 bits per heavy atom. The van der Waals surface area contributed by atoms with Gasteiger partial charge in [0.15, 0.2) is 5.96 Å². The molecule has 0 saturated carbocycles. The predicted molar refractivity (Wildman–Crippen MR) is 115 cm³/mol. The summed E-state index contributed by atoms with van der Waals surface area (Å²) in [5, 5.41) is 6.00. The zero-order valence-electron chi connectivity index (χ0n) is 16.7. The van der Waals surface area contributed by atoms with Gasteiger partial charge in [0.2, 0.25) is 5.91 Å². The number of aliphatic imine (C=N–C) groups is 1. The minimum Gasteiger partial charge on any atom is -0.383 e. The fourth-order valence-electron chi connectivity index (χ4n) is 1.96. The molecule has 0 fully saturated rings. The topological polar surface area (TPSA) is 75.2 Å². The van der Waals surface area contributed by atoms with Crippen molar-refractivity contribution in [3.8, 4) is 0 Å². The fraction of sp³-hybridized carbons (Fsp3) is 0.556. The lowest BCUT2D eigenvalue weighted by atomic mass is 10.1. The molecule has 0 aromatic heterocycles. The van der Waals surface area contributed by atoms with E-state index in [1.165, 1.54) is 4.90 Å². The first-order valence-electron chi connectivity index (χ1n) is 8.65. The number of benzene rings is 1. The number of methoxy groups -OCH3 is 1. The largest absolute Gasteiger partial charge is 0.411 e. The number of carbonyl (C=O) groups excluding carboxylic acids is 1. The minimum absolute atomic E-state index is 0. The number of amides is 1. The van der Waals surface area contributed by atoms with Gasteiger partial charge in [0, 0.05) is 27.7 Å². The number of guanidine groups is 1. The Labute approximate surface area is 186 Å². The van der Waals surface area contributed by atoms with E-state index in [0.29, 0.717) is 31.2 Å². The normalized spacial score (nSPS) is 11.6. The van der Waals surface area contributed by atoms with Crippen LogP contribution < -0.4 is 10.6 Å². The number of alkyl halides is 3. The third-order valence-electron chi connectivity index (χ3n) is 3.48. The molecule has 0 radical (unpaired) electrons. The molecule has 1 aromatic carbocycles. The molecule has 0 atom stereocenters. The Kier molecular flexibility index (Phi) is 13.6. The van der Waals surface area contributed by atoms with Crippen molar-refractivity contribution in [3.05, 3.63) is 35.4 Å². The predicted octanol–water partition coefficient (Wildman–Crippen LogP) is 2.15. The maximum atomic E-state index is 12.1. The number of hydrogen-bond donors (Lipinski definition) is 2. The Bertz CT molecular complexity index is 626. The minimum atomic E-state index is -4.33. The van der Waals surface area contributed by atoms with Gasteiger partial charge in [0.05, 0.1) is 26.3 Å². The van der Waals surface area contributed by atoms with Crippen LogP contribution >= 0.6 is 24.0 Å². The number of hydrogen-bond acceptors (Lipinski definition) is 4. The van der Waals surface area contributed by atoms with Crippen molar-refractivity contribution in [1.82, 2.24) is 15.5 Å². The summed E-state index contributed by atoms with van der Waals surface area (Å²) in [6.45, 7) is 0.0559. The highest BCUT2D eigenvalue weighted by molar-refractivity contribution is 14.0. The van der Waals surface area contributed by atoms with Crippen LogP contribution in [-0.2, 0) is 27.4 Å². The van der Waals surface area contributed by atoms with Gasteiger partial charge in [-0.05, 0) is 11.1 Å². The van der Waals surface area contributed by atoms with Gasteiger partial charge in [-0.3, -0.25) is 4.79 Å². The van der Waals surface area contributed by atoms with Crippen molar-refractivity contribution in [1.29, 1.82) is 0 Å². The van der Waals surface area contributed by atoms with E-state index in [2.05, 4.69) is 20.4 Å². The summed E-state index contributed by atoms with van der Waals surface area (Å²) in [4.78, 5) is 17.6. The van der Waals surface area contributed by atoms with Crippen LogP contribution in [0, 0.1) is 0 Å². The summed E-state index contributed by atoms with van der Waals surface area (Å²) in [6, 6.07) is 6.94. The third-order valence-corrected chi connectivity index (χ3v) is 3.48. The zero-order chi connectivity index (χ0) is 21.0. The molecule has 0 unspecified atom stereocenters. The van der Waals surface area contributed by atoms with Gasteiger partial charge in [-0.2, -0.15) is 13.2 Å². The summed E-state index contributed by atoms with van der Waals surface area (Å²) in [5.41, 5.74) is 1.51. The maximum absolute atomic E-state index is 12.1. The average molecular weight is 532 g/mol. The second-order valence-corrected chi connectivity index (χ2v) is 6.15. The number of nitrogens with one attached hydrogen (secondary N) is 2. The highest BCUT2D eigenvalue weighted by Crippen LogP contribution is 2.16. The average Bonchev–Trinajstić information content (AvgIpc) is 2.63. The Morgan fingerprint density at radius 3 is 2.31 bits per heavy atom. The van der Waals surface area contributed by atoms with E-state index in [4.69, 9.17) is 4.74 Å². The summed E-state index contributed by atoms with van der Waals surface area (Å²) in [6.07, 6.45) is -4.33. The van der Waals surface area contributed by atoms with Gasteiger partial charge < -0.3 is 25.0 Å². The molecule has 0 aliphatic rings. The van der Waals surface area contributed by atoms with Gasteiger partial charge in [0.25, 0.3) is 0 Å². The molecule has 0 aliphatic heterocycles. The molecule has 1 aromatic rings. The summed E-state index contributed by atoms with van der Waals surface area (Å²) in [5.74, 6) is 0.370. The number of halogens is 4. The van der Waals surface area contributed by atoms with E-state index in [-0.39, 0.29) is 43.0 Å². The van der Waals surface area contributed by atoms with Crippen LogP contribution in [0.3, 0.4) is 0 Å². The molecule has 0 spiro atoms. The van der Waals surface area contributed by atoms with Gasteiger partial charge in [-0.1, -0.05) is 24.3 Å². The number of rotatable bonds is 10. The summed E-state index contributed by atoms with van der Waals surface area (Å²) < 4.78 is 45.9. The molecule has 1 rings (SSSR count). The van der Waals surface area contributed by atoms with Gasteiger partial charge in [0.1, 0.15) is 6.61 Å². The highest BCUT2D eigenvalue weighted by Gasteiger charge is 2.27. The van der Waals surface area contributed by atoms with Crippen molar-refractivity contribution in [2.24, 2.45) is 4.99 Å². The second kappa shape index (κ2) is 14.4. The van der Waals surface area contributed by atoms with E-state index in [0.717, 1.165) is 5.56 Å². The molecule has 7 nitrogen and oxygen atoms in total.